The van der Waals surface area contributed by atoms with E-state index in [0.717, 1.165) is 15.6 Å². The third-order valence-electron chi connectivity index (χ3n) is 8.31. The Morgan fingerprint density at radius 1 is 0.837 bits per heavy atom. The van der Waals surface area contributed by atoms with Crippen LogP contribution in [0.25, 0.3) is 10.9 Å². The van der Waals surface area contributed by atoms with Gasteiger partial charge in [0.2, 0.25) is 0 Å². The molecule has 5 aromatic rings. The molecule has 0 radical (unpaired) electrons. The second-order valence-electron chi connectivity index (χ2n) is 10.6. The molecule has 1 atom stereocenters. The SMILES string of the molecule is Cc1cccnc1C1(N2CCN(c3ccncc3)CC2)C(=O)N(S(=O)(=O)c2cccc3cccnc23)c2ccc(Cl)cc21. The molecule has 0 bridgehead atoms. The largest absolute Gasteiger partial charge is 0.369 e. The number of aryl methyl sites for hydroxylation is 1. The van der Waals surface area contributed by atoms with Crippen LogP contribution in [-0.4, -0.2) is 60.4 Å². The van der Waals surface area contributed by atoms with Crippen molar-refractivity contribution >= 4 is 49.8 Å². The van der Waals surface area contributed by atoms with Gasteiger partial charge in [-0.15, -0.1) is 0 Å². The normalized spacial score (nSPS) is 19.2. The first-order valence-electron chi connectivity index (χ1n) is 13.9. The Balaban J connectivity index is 1.43. The van der Waals surface area contributed by atoms with Crippen LogP contribution in [0.1, 0.15) is 16.8 Å². The fourth-order valence-corrected chi connectivity index (χ4v) is 8.17. The monoisotopic (exact) mass is 610 g/mol. The van der Waals surface area contributed by atoms with Gasteiger partial charge in [-0.25, -0.2) is 12.7 Å². The number of carbonyl (C=O) groups is 1. The maximum atomic E-state index is 15.1. The molecule has 1 fully saturated rings. The average molecular weight is 611 g/mol. The molecule has 2 aliphatic heterocycles. The second-order valence-corrected chi connectivity index (χ2v) is 12.8. The Kier molecular flexibility index (Phi) is 6.65. The van der Waals surface area contributed by atoms with Crippen molar-refractivity contribution in [2.45, 2.75) is 17.4 Å². The number of amides is 1. The van der Waals surface area contributed by atoms with E-state index in [0.29, 0.717) is 53.4 Å². The second kappa shape index (κ2) is 10.4. The van der Waals surface area contributed by atoms with Gasteiger partial charge in [0, 0.05) is 72.6 Å². The van der Waals surface area contributed by atoms with E-state index in [2.05, 4.69) is 14.9 Å². The van der Waals surface area contributed by atoms with E-state index >= 15 is 4.79 Å². The number of piperazine rings is 1. The van der Waals surface area contributed by atoms with Crippen LogP contribution >= 0.6 is 11.6 Å². The van der Waals surface area contributed by atoms with Gasteiger partial charge < -0.3 is 4.90 Å². The maximum absolute atomic E-state index is 15.1. The minimum absolute atomic E-state index is 0.0455. The molecule has 5 heterocycles. The van der Waals surface area contributed by atoms with Gasteiger partial charge in [-0.2, -0.15) is 0 Å². The fraction of sp³-hybridized carbons (Fsp3) is 0.188. The number of anilines is 2. The minimum atomic E-state index is -4.42. The number of halogens is 1. The van der Waals surface area contributed by atoms with Gasteiger partial charge in [0.05, 0.1) is 16.9 Å². The van der Waals surface area contributed by atoms with Crippen molar-refractivity contribution in [1.29, 1.82) is 0 Å². The van der Waals surface area contributed by atoms with E-state index in [4.69, 9.17) is 16.6 Å². The number of sulfonamides is 1. The molecule has 216 valence electrons. The lowest BCUT2D eigenvalue weighted by atomic mass is 9.82. The third kappa shape index (κ3) is 4.20. The Labute approximate surface area is 254 Å². The van der Waals surface area contributed by atoms with Gasteiger partial charge in [-0.1, -0.05) is 35.9 Å². The van der Waals surface area contributed by atoms with E-state index in [1.54, 1.807) is 67.3 Å². The lowest BCUT2D eigenvalue weighted by Gasteiger charge is -2.45. The molecule has 0 aliphatic carbocycles. The molecule has 3 aromatic heterocycles. The number of benzene rings is 2. The van der Waals surface area contributed by atoms with Crippen LogP contribution in [0.2, 0.25) is 5.02 Å². The highest BCUT2D eigenvalue weighted by atomic mass is 35.5. The summed E-state index contributed by atoms with van der Waals surface area (Å²) in [5.74, 6) is -0.614. The van der Waals surface area contributed by atoms with E-state index in [1.807, 2.05) is 36.1 Å². The Morgan fingerprint density at radius 2 is 1.56 bits per heavy atom. The third-order valence-corrected chi connectivity index (χ3v) is 10.3. The van der Waals surface area contributed by atoms with Crippen LogP contribution in [-0.2, 0) is 20.4 Å². The lowest BCUT2D eigenvalue weighted by molar-refractivity contribution is -0.127. The lowest BCUT2D eigenvalue weighted by Crippen LogP contribution is -2.61. The number of nitrogens with zero attached hydrogens (tertiary/aromatic N) is 6. The number of fused-ring (bicyclic) bond motifs is 2. The summed E-state index contributed by atoms with van der Waals surface area (Å²) in [7, 11) is -4.42. The number of aromatic nitrogens is 3. The van der Waals surface area contributed by atoms with Crippen molar-refractivity contribution in [1.82, 2.24) is 19.9 Å². The van der Waals surface area contributed by atoms with Crippen molar-refractivity contribution in [3.05, 3.63) is 119 Å². The van der Waals surface area contributed by atoms with Crippen LogP contribution < -0.4 is 9.21 Å². The molecule has 0 N–H and O–H groups in total. The predicted octanol–water partition coefficient (Wildman–Crippen LogP) is 4.79. The fourth-order valence-electron chi connectivity index (χ4n) is 6.37. The summed E-state index contributed by atoms with van der Waals surface area (Å²) in [6, 6.07) is 21.0. The van der Waals surface area contributed by atoms with Crippen LogP contribution in [0, 0.1) is 6.92 Å². The van der Waals surface area contributed by atoms with Crippen molar-refractivity contribution in [3.63, 3.8) is 0 Å². The van der Waals surface area contributed by atoms with Gasteiger partial charge in [-0.3, -0.25) is 24.6 Å². The Morgan fingerprint density at radius 3 is 2.33 bits per heavy atom. The number of pyridine rings is 3. The van der Waals surface area contributed by atoms with E-state index in [-0.39, 0.29) is 10.6 Å². The maximum Gasteiger partial charge on any atom is 0.273 e. The van der Waals surface area contributed by atoms with Gasteiger partial charge in [0.25, 0.3) is 15.9 Å². The number of carbonyl (C=O) groups excluding carboxylic acids is 1. The number of hydrogen-bond donors (Lipinski definition) is 0. The highest BCUT2D eigenvalue weighted by Crippen LogP contribution is 2.51. The Hall–Kier alpha value is -4.38. The molecule has 0 spiro atoms. The van der Waals surface area contributed by atoms with Crippen molar-refractivity contribution in [2.24, 2.45) is 0 Å². The highest BCUT2D eigenvalue weighted by molar-refractivity contribution is 7.93. The summed E-state index contributed by atoms with van der Waals surface area (Å²) in [6.07, 6.45) is 6.69. The van der Waals surface area contributed by atoms with Crippen molar-refractivity contribution < 1.29 is 13.2 Å². The van der Waals surface area contributed by atoms with E-state index < -0.39 is 21.5 Å². The standard InChI is InChI=1S/C32H27ClN6O3S/c1-22-5-3-14-36-30(22)32(38-19-17-37(18-20-38)25-11-15-34-16-12-25)26-21-24(33)9-10-27(26)39(31(32)40)43(41,42)28-8-2-6-23-7-4-13-35-29(23)28/h2-16,21H,17-20H2,1H3. The summed E-state index contributed by atoms with van der Waals surface area (Å²) in [5.41, 5.74) is 1.79. The quantitative estimate of drug-likeness (QED) is 0.280. The average Bonchev–Trinajstić information content (AvgIpc) is 3.29. The molecular formula is C32H27ClN6O3S. The summed E-state index contributed by atoms with van der Waals surface area (Å²) in [6.45, 7) is 4.06. The topological polar surface area (TPSA) is 99.6 Å². The Bertz CT molecular complexity index is 1980. The summed E-state index contributed by atoms with van der Waals surface area (Å²) >= 11 is 6.58. The zero-order chi connectivity index (χ0) is 29.8. The zero-order valence-corrected chi connectivity index (χ0v) is 24.8. The highest BCUT2D eigenvalue weighted by Gasteiger charge is 2.61. The van der Waals surface area contributed by atoms with Crippen molar-refractivity contribution in [2.75, 3.05) is 35.4 Å². The molecule has 1 saturated heterocycles. The zero-order valence-electron chi connectivity index (χ0n) is 23.3. The molecule has 1 amide bonds. The van der Waals surface area contributed by atoms with Gasteiger partial charge in [0.1, 0.15) is 4.90 Å². The number of hydrogen-bond acceptors (Lipinski definition) is 8. The van der Waals surface area contributed by atoms with Crippen LogP contribution in [0.3, 0.4) is 0 Å². The molecule has 1 unspecified atom stereocenters. The number of para-hydroxylation sites is 1. The molecule has 9 nitrogen and oxygen atoms in total. The first kappa shape index (κ1) is 27.5. The molecule has 7 rings (SSSR count). The van der Waals surface area contributed by atoms with Crippen LogP contribution in [0.15, 0.2) is 102 Å². The van der Waals surface area contributed by atoms with Crippen molar-refractivity contribution in [3.8, 4) is 0 Å². The summed E-state index contributed by atoms with van der Waals surface area (Å²) in [5, 5.41) is 1.05. The number of rotatable bonds is 5. The summed E-state index contributed by atoms with van der Waals surface area (Å²) in [4.78, 5) is 32.6. The van der Waals surface area contributed by atoms with Crippen LogP contribution in [0.5, 0.6) is 0 Å². The first-order chi connectivity index (χ1) is 20.8. The molecule has 0 saturated carbocycles. The molecule has 43 heavy (non-hydrogen) atoms. The summed E-state index contributed by atoms with van der Waals surface area (Å²) < 4.78 is 30.2. The first-order valence-corrected chi connectivity index (χ1v) is 15.7. The minimum Gasteiger partial charge on any atom is -0.369 e. The molecule has 11 heteroatoms. The van der Waals surface area contributed by atoms with E-state index in [1.165, 1.54) is 6.07 Å². The molecule has 2 aromatic carbocycles. The molecule has 2 aliphatic rings. The smallest absolute Gasteiger partial charge is 0.273 e. The van der Waals surface area contributed by atoms with Gasteiger partial charge in [0.15, 0.2) is 5.54 Å². The van der Waals surface area contributed by atoms with Crippen LogP contribution in [0.4, 0.5) is 11.4 Å². The van der Waals surface area contributed by atoms with E-state index in [9.17, 15) is 8.42 Å². The molecular weight excluding hydrogens is 584 g/mol. The predicted molar refractivity (Wildman–Crippen MR) is 166 cm³/mol. The van der Waals surface area contributed by atoms with Gasteiger partial charge >= 0.3 is 0 Å². The van der Waals surface area contributed by atoms with Gasteiger partial charge in [-0.05, 0) is 61.0 Å².